The molecule has 0 aliphatic rings. The summed E-state index contributed by atoms with van der Waals surface area (Å²) in [5, 5.41) is 20.1. The summed E-state index contributed by atoms with van der Waals surface area (Å²) in [7, 11) is 1.54. The van der Waals surface area contributed by atoms with Crippen LogP contribution in [0.4, 0.5) is 5.69 Å². The Morgan fingerprint density at radius 3 is 2.48 bits per heavy atom. The quantitative estimate of drug-likeness (QED) is 0.285. The van der Waals surface area contributed by atoms with Gasteiger partial charge in [-0.05, 0) is 51.8 Å². The lowest BCUT2D eigenvalue weighted by molar-refractivity contribution is -0.384. The Morgan fingerprint density at radius 2 is 1.96 bits per heavy atom. The van der Waals surface area contributed by atoms with Crippen LogP contribution in [-0.4, -0.2) is 12.0 Å². The number of rotatable bonds is 4. The summed E-state index contributed by atoms with van der Waals surface area (Å²) in [6, 6.07) is 11.6. The van der Waals surface area contributed by atoms with E-state index in [1.807, 2.05) is 12.1 Å². The van der Waals surface area contributed by atoms with Crippen LogP contribution in [0.2, 0.25) is 0 Å². The van der Waals surface area contributed by atoms with E-state index in [0.29, 0.717) is 22.4 Å². The van der Waals surface area contributed by atoms with E-state index in [2.05, 4.69) is 37.9 Å². The fourth-order valence-corrected chi connectivity index (χ4v) is 3.42. The largest absolute Gasteiger partial charge is 0.495 e. The summed E-state index contributed by atoms with van der Waals surface area (Å²) in [4.78, 5) is 10.2. The van der Waals surface area contributed by atoms with Gasteiger partial charge in [0.1, 0.15) is 5.75 Å². The summed E-state index contributed by atoms with van der Waals surface area (Å²) in [5.41, 5.74) is 1.66. The van der Waals surface area contributed by atoms with Crippen molar-refractivity contribution in [2.24, 2.45) is 0 Å². The molecule has 0 saturated carbocycles. The third-order valence-electron chi connectivity index (χ3n) is 3.05. The Hall–Kier alpha value is -2.17. The van der Waals surface area contributed by atoms with Gasteiger partial charge >= 0.3 is 0 Å². The number of halogens is 2. The Bertz CT molecular complexity index is 824. The van der Waals surface area contributed by atoms with E-state index in [-0.39, 0.29) is 5.69 Å². The van der Waals surface area contributed by atoms with Gasteiger partial charge in [0.25, 0.3) is 5.69 Å². The van der Waals surface area contributed by atoms with Gasteiger partial charge in [-0.1, -0.05) is 15.9 Å². The predicted molar refractivity (Wildman–Crippen MR) is 95.0 cm³/mol. The number of benzene rings is 2. The van der Waals surface area contributed by atoms with E-state index in [1.165, 1.54) is 12.1 Å². The number of allylic oxidation sites excluding steroid dienone is 1. The van der Waals surface area contributed by atoms with Crippen LogP contribution in [0.25, 0.3) is 11.6 Å². The van der Waals surface area contributed by atoms with Gasteiger partial charge in [0, 0.05) is 22.2 Å². The fourth-order valence-electron chi connectivity index (χ4n) is 2.00. The molecule has 0 amide bonds. The van der Waals surface area contributed by atoms with E-state index in [9.17, 15) is 15.4 Å². The van der Waals surface area contributed by atoms with Crippen molar-refractivity contribution in [1.29, 1.82) is 5.26 Å². The molecule has 0 aliphatic carbocycles. The second-order valence-electron chi connectivity index (χ2n) is 4.48. The topological polar surface area (TPSA) is 76.2 Å². The van der Waals surface area contributed by atoms with Crippen LogP contribution < -0.4 is 4.74 Å². The number of non-ortho nitro benzene ring substituents is 1. The number of nitriles is 1. The van der Waals surface area contributed by atoms with Crippen molar-refractivity contribution in [1.82, 2.24) is 0 Å². The molecule has 0 N–H and O–H groups in total. The first-order valence-corrected chi connectivity index (χ1v) is 7.94. The van der Waals surface area contributed by atoms with Crippen molar-refractivity contribution in [2.75, 3.05) is 7.11 Å². The SMILES string of the molecule is COc1c(Br)cc(Br)cc1/C=C(\C#N)c1ccc([N+](=O)[O-])cc1. The van der Waals surface area contributed by atoms with Crippen molar-refractivity contribution >= 4 is 49.2 Å². The molecule has 23 heavy (non-hydrogen) atoms. The minimum absolute atomic E-state index is 0.0196. The maximum Gasteiger partial charge on any atom is 0.269 e. The minimum Gasteiger partial charge on any atom is -0.495 e. The Labute approximate surface area is 149 Å². The van der Waals surface area contributed by atoms with Crippen LogP contribution in [0, 0.1) is 21.4 Å². The van der Waals surface area contributed by atoms with Gasteiger partial charge in [0.05, 0.1) is 28.1 Å². The van der Waals surface area contributed by atoms with Crippen LogP contribution in [0.15, 0.2) is 45.3 Å². The molecule has 0 atom stereocenters. The number of nitrogens with zero attached hydrogens (tertiary/aromatic N) is 2. The maximum atomic E-state index is 10.7. The normalized spacial score (nSPS) is 11.0. The van der Waals surface area contributed by atoms with Gasteiger partial charge in [-0.2, -0.15) is 5.26 Å². The molecule has 0 spiro atoms. The van der Waals surface area contributed by atoms with E-state index < -0.39 is 4.92 Å². The summed E-state index contributed by atoms with van der Waals surface area (Å²) >= 11 is 6.81. The van der Waals surface area contributed by atoms with Crippen molar-refractivity contribution in [3.05, 3.63) is 66.6 Å². The molecule has 2 aromatic rings. The number of hydrogen-bond acceptors (Lipinski definition) is 4. The Morgan fingerprint density at radius 1 is 1.30 bits per heavy atom. The number of nitro benzene ring substituents is 1. The lowest BCUT2D eigenvalue weighted by atomic mass is 10.0. The zero-order chi connectivity index (χ0) is 17.0. The average molecular weight is 438 g/mol. The Balaban J connectivity index is 2.51. The highest BCUT2D eigenvalue weighted by molar-refractivity contribution is 9.11. The summed E-state index contributed by atoms with van der Waals surface area (Å²) < 4.78 is 6.93. The smallest absolute Gasteiger partial charge is 0.269 e. The highest BCUT2D eigenvalue weighted by Gasteiger charge is 2.11. The number of nitro groups is 1. The van der Waals surface area contributed by atoms with Gasteiger partial charge in [0.15, 0.2) is 0 Å². The number of ether oxygens (including phenoxy) is 1. The molecule has 0 saturated heterocycles. The van der Waals surface area contributed by atoms with Crippen LogP contribution in [0.1, 0.15) is 11.1 Å². The summed E-state index contributed by atoms with van der Waals surface area (Å²) in [5.74, 6) is 0.600. The second kappa shape index (κ2) is 7.40. The lowest BCUT2D eigenvalue weighted by Crippen LogP contribution is -1.91. The molecule has 0 bridgehead atoms. The monoisotopic (exact) mass is 436 g/mol. The summed E-state index contributed by atoms with van der Waals surface area (Å²) in [6.07, 6.45) is 1.68. The Kier molecular flexibility index (Phi) is 5.53. The van der Waals surface area contributed by atoms with Crippen LogP contribution in [-0.2, 0) is 0 Å². The number of methoxy groups -OCH3 is 1. The summed E-state index contributed by atoms with van der Waals surface area (Å²) in [6.45, 7) is 0. The average Bonchev–Trinajstić information content (AvgIpc) is 2.52. The van der Waals surface area contributed by atoms with E-state index in [1.54, 1.807) is 25.3 Å². The van der Waals surface area contributed by atoms with Crippen LogP contribution >= 0.6 is 31.9 Å². The molecule has 0 radical (unpaired) electrons. The van der Waals surface area contributed by atoms with Crippen LogP contribution in [0.5, 0.6) is 5.75 Å². The second-order valence-corrected chi connectivity index (χ2v) is 6.25. The molecule has 116 valence electrons. The van der Waals surface area contributed by atoms with Gasteiger partial charge in [-0.15, -0.1) is 0 Å². The molecular weight excluding hydrogens is 428 g/mol. The minimum atomic E-state index is -0.478. The zero-order valence-electron chi connectivity index (χ0n) is 11.9. The molecule has 2 aromatic carbocycles. The molecule has 0 heterocycles. The van der Waals surface area contributed by atoms with Gasteiger partial charge < -0.3 is 4.74 Å². The van der Waals surface area contributed by atoms with Crippen molar-refractivity contribution in [3.8, 4) is 11.8 Å². The van der Waals surface area contributed by atoms with Gasteiger partial charge in [-0.25, -0.2) is 0 Å². The fraction of sp³-hybridized carbons (Fsp3) is 0.0625. The molecule has 0 aromatic heterocycles. The zero-order valence-corrected chi connectivity index (χ0v) is 15.1. The van der Waals surface area contributed by atoms with E-state index in [4.69, 9.17) is 4.74 Å². The van der Waals surface area contributed by atoms with Crippen molar-refractivity contribution in [2.45, 2.75) is 0 Å². The van der Waals surface area contributed by atoms with E-state index in [0.717, 1.165) is 8.95 Å². The third-order valence-corrected chi connectivity index (χ3v) is 4.10. The van der Waals surface area contributed by atoms with Crippen molar-refractivity contribution < 1.29 is 9.66 Å². The van der Waals surface area contributed by atoms with E-state index >= 15 is 0 Å². The molecule has 2 rings (SSSR count). The first-order valence-electron chi connectivity index (χ1n) is 6.36. The van der Waals surface area contributed by atoms with Gasteiger partial charge in [-0.3, -0.25) is 10.1 Å². The predicted octanol–water partition coefficient (Wildman–Crippen LogP) is 5.19. The highest BCUT2D eigenvalue weighted by Crippen LogP contribution is 2.35. The molecule has 7 heteroatoms. The molecule has 0 unspecified atom stereocenters. The molecular formula is C16H10Br2N2O3. The molecule has 0 fully saturated rings. The highest BCUT2D eigenvalue weighted by atomic mass is 79.9. The molecule has 5 nitrogen and oxygen atoms in total. The molecule has 0 aliphatic heterocycles. The van der Waals surface area contributed by atoms with Crippen LogP contribution in [0.3, 0.4) is 0 Å². The maximum absolute atomic E-state index is 10.7. The van der Waals surface area contributed by atoms with Crippen molar-refractivity contribution in [3.63, 3.8) is 0 Å². The lowest BCUT2D eigenvalue weighted by Gasteiger charge is -2.09. The standard InChI is InChI=1S/C16H10Br2N2O3/c1-23-16-11(7-13(17)8-15(16)18)6-12(9-19)10-2-4-14(5-3-10)20(21)22/h2-8H,1H3/b12-6+. The van der Waals surface area contributed by atoms with Gasteiger partial charge in [0.2, 0.25) is 0 Å². The number of hydrogen-bond donors (Lipinski definition) is 0. The first-order chi connectivity index (χ1) is 11.0. The first kappa shape index (κ1) is 17.2. The third kappa shape index (κ3) is 3.97.